The van der Waals surface area contributed by atoms with Gasteiger partial charge in [-0.2, -0.15) is 5.10 Å². The van der Waals surface area contributed by atoms with Crippen LogP contribution in [0.4, 0.5) is 5.69 Å². The minimum absolute atomic E-state index is 0.0888. The summed E-state index contributed by atoms with van der Waals surface area (Å²) in [5, 5.41) is 6.72. The number of hydrazone groups is 1. The lowest BCUT2D eigenvalue weighted by atomic mass is 10.2. The third kappa shape index (κ3) is 6.32. The largest absolute Gasteiger partial charge is 0.484 e. The van der Waals surface area contributed by atoms with E-state index in [0.29, 0.717) is 11.3 Å². The van der Waals surface area contributed by atoms with Crippen LogP contribution in [0.2, 0.25) is 0 Å². The first kappa shape index (κ1) is 19.8. The number of nitrogens with one attached hydrogen (secondary N) is 2. The fourth-order valence-electron chi connectivity index (χ4n) is 2.45. The molecule has 0 aliphatic heterocycles. The fourth-order valence-corrected chi connectivity index (χ4v) is 2.45. The molecule has 0 atom stereocenters. The van der Waals surface area contributed by atoms with Crippen LogP contribution in [0.15, 0.2) is 84.0 Å². The number of carbonyl (C=O) groups is 2. The molecule has 0 bridgehead atoms. The maximum absolute atomic E-state index is 12.0. The third-order valence-corrected chi connectivity index (χ3v) is 4.00. The molecule has 0 fully saturated rings. The Morgan fingerprint density at radius 1 is 0.931 bits per heavy atom. The summed E-state index contributed by atoms with van der Waals surface area (Å²) < 4.78 is 5.49. The molecule has 0 unspecified atom stereocenters. The number of aryl methyl sites for hydroxylation is 1. The Balaban J connectivity index is 1.45. The van der Waals surface area contributed by atoms with Gasteiger partial charge in [-0.05, 0) is 61.0 Å². The van der Waals surface area contributed by atoms with Crippen LogP contribution in [0.1, 0.15) is 21.5 Å². The van der Waals surface area contributed by atoms with E-state index in [4.69, 9.17) is 4.74 Å². The van der Waals surface area contributed by atoms with Gasteiger partial charge in [-0.25, -0.2) is 5.43 Å². The molecule has 0 heterocycles. The van der Waals surface area contributed by atoms with Crippen molar-refractivity contribution in [3.63, 3.8) is 0 Å². The van der Waals surface area contributed by atoms with Gasteiger partial charge in [-0.1, -0.05) is 35.9 Å². The first-order chi connectivity index (χ1) is 14.1. The molecule has 0 aliphatic rings. The molecule has 6 heteroatoms. The molecule has 2 amide bonds. The van der Waals surface area contributed by atoms with Gasteiger partial charge in [0, 0.05) is 11.3 Å². The number of hydrogen-bond donors (Lipinski definition) is 2. The van der Waals surface area contributed by atoms with E-state index in [1.807, 2.05) is 37.3 Å². The summed E-state index contributed by atoms with van der Waals surface area (Å²) in [4.78, 5) is 23.9. The Hall–Kier alpha value is -3.93. The summed E-state index contributed by atoms with van der Waals surface area (Å²) >= 11 is 0. The van der Waals surface area contributed by atoms with Crippen LogP contribution in [0, 0.1) is 6.92 Å². The van der Waals surface area contributed by atoms with Crippen LogP contribution in [0.25, 0.3) is 0 Å². The molecule has 146 valence electrons. The predicted octanol–water partition coefficient (Wildman–Crippen LogP) is 3.78. The van der Waals surface area contributed by atoms with Crippen molar-refractivity contribution in [1.82, 2.24) is 5.43 Å². The summed E-state index contributed by atoms with van der Waals surface area (Å²) in [5.41, 5.74) is 5.66. The second kappa shape index (κ2) is 9.85. The number of amides is 2. The normalized spacial score (nSPS) is 10.5. The third-order valence-electron chi connectivity index (χ3n) is 4.00. The summed E-state index contributed by atoms with van der Waals surface area (Å²) in [6.07, 6.45) is 1.54. The monoisotopic (exact) mass is 387 g/mol. The van der Waals surface area contributed by atoms with Gasteiger partial charge in [0.05, 0.1) is 6.21 Å². The van der Waals surface area contributed by atoms with Crippen LogP contribution < -0.4 is 15.5 Å². The fraction of sp³-hybridized carbons (Fsp3) is 0.0870. The minimum Gasteiger partial charge on any atom is -0.484 e. The summed E-state index contributed by atoms with van der Waals surface area (Å²) in [5.74, 6) is 0.0547. The van der Waals surface area contributed by atoms with E-state index in [1.165, 1.54) is 6.21 Å². The Kier molecular flexibility index (Phi) is 6.73. The van der Waals surface area contributed by atoms with E-state index in [2.05, 4.69) is 15.8 Å². The number of anilines is 1. The number of hydrogen-bond acceptors (Lipinski definition) is 4. The van der Waals surface area contributed by atoms with Gasteiger partial charge in [0.2, 0.25) is 0 Å². The Bertz CT molecular complexity index is 982. The van der Waals surface area contributed by atoms with Crippen LogP contribution in [0.3, 0.4) is 0 Å². The van der Waals surface area contributed by atoms with E-state index in [9.17, 15) is 9.59 Å². The first-order valence-electron chi connectivity index (χ1n) is 9.08. The average molecular weight is 387 g/mol. The molecule has 0 aromatic heterocycles. The van der Waals surface area contributed by atoms with Crippen molar-refractivity contribution < 1.29 is 14.3 Å². The van der Waals surface area contributed by atoms with Gasteiger partial charge in [-0.3, -0.25) is 9.59 Å². The van der Waals surface area contributed by atoms with Gasteiger partial charge in [0.25, 0.3) is 11.8 Å². The summed E-state index contributed by atoms with van der Waals surface area (Å²) in [6.45, 7) is 1.90. The molecule has 3 rings (SSSR count). The zero-order chi connectivity index (χ0) is 20.5. The van der Waals surface area contributed by atoms with Crippen molar-refractivity contribution in [1.29, 1.82) is 0 Å². The highest BCUT2D eigenvalue weighted by molar-refractivity contribution is 5.94. The second-order valence-electron chi connectivity index (χ2n) is 6.34. The van der Waals surface area contributed by atoms with Crippen molar-refractivity contribution in [2.45, 2.75) is 6.92 Å². The molecule has 6 nitrogen and oxygen atoms in total. The molecular formula is C23H21N3O3. The maximum Gasteiger partial charge on any atom is 0.271 e. The number of benzene rings is 3. The van der Waals surface area contributed by atoms with Crippen molar-refractivity contribution in [2.75, 3.05) is 11.9 Å². The summed E-state index contributed by atoms with van der Waals surface area (Å²) in [7, 11) is 0. The Morgan fingerprint density at radius 3 is 2.31 bits per heavy atom. The number of nitrogens with zero attached hydrogens (tertiary/aromatic N) is 1. The van der Waals surface area contributed by atoms with Crippen molar-refractivity contribution in [3.05, 3.63) is 95.6 Å². The topological polar surface area (TPSA) is 79.8 Å². The molecule has 3 aromatic carbocycles. The molecule has 0 saturated carbocycles. The van der Waals surface area contributed by atoms with Crippen LogP contribution >= 0.6 is 0 Å². The van der Waals surface area contributed by atoms with Gasteiger partial charge >= 0.3 is 0 Å². The van der Waals surface area contributed by atoms with Crippen molar-refractivity contribution in [3.8, 4) is 5.75 Å². The van der Waals surface area contributed by atoms with E-state index >= 15 is 0 Å². The first-order valence-corrected chi connectivity index (χ1v) is 9.08. The molecule has 29 heavy (non-hydrogen) atoms. The molecule has 3 aromatic rings. The van der Waals surface area contributed by atoms with Crippen molar-refractivity contribution >= 4 is 23.7 Å². The second-order valence-corrected chi connectivity index (χ2v) is 6.34. The van der Waals surface area contributed by atoms with E-state index in [1.54, 1.807) is 48.5 Å². The minimum atomic E-state index is -0.276. The van der Waals surface area contributed by atoms with Crippen LogP contribution in [-0.2, 0) is 4.79 Å². The molecule has 0 aliphatic carbocycles. The lowest BCUT2D eigenvalue weighted by Crippen LogP contribution is -2.20. The molecule has 2 N–H and O–H groups in total. The molecule has 0 radical (unpaired) electrons. The lowest BCUT2D eigenvalue weighted by molar-refractivity contribution is -0.118. The van der Waals surface area contributed by atoms with Crippen molar-refractivity contribution in [2.24, 2.45) is 5.10 Å². The Labute approximate surface area is 169 Å². The number of ether oxygens (including phenoxy) is 1. The zero-order valence-electron chi connectivity index (χ0n) is 16.0. The average Bonchev–Trinajstić information content (AvgIpc) is 2.75. The van der Waals surface area contributed by atoms with E-state index < -0.39 is 0 Å². The number of rotatable bonds is 7. The van der Waals surface area contributed by atoms with E-state index in [0.717, 1.165) is 16.8 Å². The molecular weight excluding hydrogens is 366 g/mol. The van der Waals surface area contributed by atoms with E-state index in [-0.39, 0.29) is 18.4 Å². The molecule has 0 saturated heterocycles. The zero-order valence-corrected chi connectivity index (χ0v) is 16.0. The van der Waals surface area contributed by atoms with Crippen LogP contribution in [-0.4, -0.2) is 24.6 Å². The van der Waals surface area contributed by atoms with Crippen LogP contribution in [0.5, 0.6) is 5.75 Å². The SMILES string of the molecule is Cc1ccc(NC(=O)COc2ccc(/C=N/NC(=O)c3ccccc3)cc2)cc1. The van der Waals surface area contributed by atoms with Gasteiger partial charge in [0.1, 0.15) is 5.75 Å². The summed E-state index contributed by atoms with van der Waals surface area (Å²) in [6, 6.07) is 23.4. The molecule has 0 spiro atoms. The number of carbonyl (C=O) groups excluding carboxylic acids is 2. The quantitative estimate of drug-likeness (QED) is 0.478. The lowest BCUT2D eigenvalue weighted by Gasteiger charge is -2.08. The predicted molar refractivity (Wildman–Crippen MR) is 113 cm³/mol. The van der Waals surface area contributed by atoms with Gasteiger partial charge in [-0.15, -0.1) is 0 Å². The van der Waals surface area contributed by atoms with Gasteiger partial charge < -0.3 is 10.1 Å². The van der Waals surface area contributed by atoms with Gasteiger partial charge in [0.15, 0.2) is 6.61 Å². The Morgan fingerprint density at radius 2 is 1.62 bits per heavy atom. The highest BCUT2D eigenvalue weighted by Crippen LogP contribution is 2.12. The highest BCUT2D eigenvalue weighted by atomic mass is 16.5. The standard InChI is InChI=1S/C23H21N3O3/c1-17-7-11-20(12-8-17)25-22(27)16-29-21-13-9-18(10-14-21)15-24-26-23(28)19-5-3-2-4-6-19/h2-15H,16H2,1H3,(H,25,27)(H,26,28)/b24-15+. The maximum atomic E-state index is 12.0. The smallest absolute Gasteiger partial charge is 0.271 e. The highest BCUT2D eigenvalue weighted by Gasteiger charge is 2.04.